The standard InChI is InChI=1S/C18H23N5O/c1-7-10-16-15(11-24-6)20-13(5)17-21-22-18(23(16)17)14(8-2)12(4)19-9-3/h8-11H,4,7H2,1-3,5-6H3/b14-8+,15-11?,16-10+,19-9?. The highest BCUT2D eigenvalue weighted by Gasteiger charge is 2.16. The van der Waals surface area contributed by atoms with Crippen LogP contribution in [0.4, 0.5) is 0 Å². The lowest BCUT2D eigenvalue weighted by Crippen LogP contribution is -2.36. The molecule has 0 N–H and O–H groups in total. The van der Waals surface area contributed by atoms with Gasteiger partial charge in [-0.2, -0.15) is 0 Å². The second-order valence-corrected chi connectivity index (χ2v) is 5.15. The van der Waals surface area contributed by atoms with Crippen LogP contribution < -0.4 is 10.7 Å². The molecule has 0 bridgehead atoms. The third-order valence-corrected chi connectivity index (χ3v) is 3.53. The summed E-state index contributed by atoms with van der Waals surface area (Å²) in [5.74, 6) is 0.694. The zero-order chi connectivity index (χ0) is 17.7. The van der Waals surface area contributed by atoms with Gasteiger partial charge in [0.05, 0.1) is 23.8 Å². The summed E-state index contributed by atoms with van der Waals surface area (Å²) in [4.78, 5) is 8.87. The molecule has 0 amide bonds. The first-order chi connectivity index (χ1) is 11.6. The van der Waals surface area contributed by atoms with Gasteiger partial charge < -0.3 is 4.74 Å². The molecule has 0 atom stereocenters. The minimum Gasteiger partial charge on any atom is -0.502 e. The molecule has 0 aromatic carbocycles. The quantitative estimate of drug-likeness (QED) is 0.623. The summed E-state index contributed by atoms with van der Waals surface area (Å²) in [6.45, 7) is 11.8. The molecule has 0 radical (unpaired) electrons. The van der Waals surface area contributed by atoms with E-state index in [4.69, 9.17) is 4.74 Å². The number of hydrogen-bond acceptors (Lipinski definition) is 5. The smallest absolute Gasteiger partial charge is 0.183 e. The van der Waals surface area contributed by atoms with Gasteiger partial charge in [0, 0.05) is 11.8 Å². The molecule has 2 heterocycles. The predicted octanol–water partition coefficient (Wildman–Crippen LogP) is 2.02. The maximum atomic E-state index is 5.19. The van der Waals surface area contributed by atoms with Crippen molar-refractivity contribution in [1.82, 2.24) is 19.6 Å². The molecule has 0 aliphatic rings. The Kier molecular flexibility index (Phi) is 5.63. The highest BCUT2D eigenvalue weighted by Crippen LogP contribution is 2.21. The molecule has 0 saturated heterocycles. The summed E-state index contributed by atoms with van der Waals surface area (Å²) in [6, 6.07) is 0. The van der Waals surface area contributed by atoms with Crippen molar-refractivity contribution in [3.63, 3.8) is 0 Å². The van der Waals surface area contributed by atoms with E-state index in [1.54, 1.807) is 19.6 Å². The van der Waals surface area contributed by atoms with Crippen molar-refractivity contribution in [3.8, 4) is 0 Å². The van der Waals surface area contributed by atoms with Crippen LogP contribution in [0, 0.1) is 6.92 Å². The molecule has 2 aromatic rings. The van der Waals surface area contributed by atoms with E-state index < -0.39 is 0 Å². The van der Waals surface area contributed by atoms with E-state index in [0.29, 0.717) is 17.2 Å². The summed E-state index contributed by atoms with van der Waals surface area (Å²) < 4.78 is 7.18. The first-order valence-electron chi connectivity index (χ1n) is 7.88. The number of aromatic nitrogens is 4. The van der Waals surface area contributed by atoms with Crippen LogP contribution in [0.15, 0.2) is 23.3 Å². The topological polar surface area (TPSA) is 64.7 Å². The maximum absolute atomic E-state index is 5.19. The summed E-state index contributed by atoms with van der Waals surface area (Å²) >= 11 is 0. The van der Waals surface area contributed by atoms with E-state index in [0.717, 1.165) is 28.4 Å². The molecule has 0 fully saturated rings. The van der Waals surface area contributed by atoms with Crippen molar-refractivity contribution >= 4 is 29.8 Å². The number of nitrogens with zero attached hydrogens (tertiary/aromatic N) is 5. The Morgan fingerprint density at radius 2 is 2.08 bits per heavy atom. The number of allylic oxidation sites excluding steroid dienone is 2. The summed E-state index contributed by atoms with van der Waals surface area (Å²) in [7, 11) is 1.61. The molecule has 0 spiro atoms. The average molecular weight is 325 g/mol. The Balaban J connectivity index is 2.95. The van der Waals surface area contributed by atoms with Crippen molar-refractivity contribution in [2.24, 2.45) is 4.99 Å². The largest absolute Gasteiger partial charge is 0.502 e. The second-order valence-electron chi connectivity index (χ2n) is 5.15. The van der Waals surface area contributed by atoms with Gasteiger partial charge in [-0.15, -0.1) is 10.2 Å². The van der Waals surface area contributed by atoms with Crippen LogP contribution in [-0.4, -0.2) is 32.9 Å². The first kappa shape index (κ1) is 17.6. The zero-order valence-electron chi connectivity index (χ0n) is 14.9. The molecule has 0 aliphatic carbocycles. The normalized spacial score (nSPS) is 14.1. The van der Waals surface area contributed by atoms with E-state index in [9.17, 15) is 0 Å². The zero-order valence-corrected chi connectivity index (χ0v) is 14.9. The van der Waals surface area contributed by atoms with Crippen LogP contribution in [0.2, 0.25) is 0 Å². The third kappa shape index (κ3) is 3.13. The monoisotopic (exact) mass is 325 g/mol. The van der Waals surface area contributed by atoms with Gasteiger partial charge in [-0.3, -0.25) is 9.39 Å². The SMILES string of the molecule is C=C(N=CC)/C(=C\C)c1nnc2c(C)nc(=COC)/c(=C\CC)n12. The molecule has 2 aromatic heterocycles. The van der Waals surface area contributed by atoms with Crippen molar-refractivity contribution in [2.45, 2.75) is 34.1 Å². The lowest BCUT2D eigenvalue weighted by Gasteiger charge is -2.07. The Bertz CT molecular complexity index is 934. The fourth-order valence-corrected chi connectivity index (χ4v) is 2.56. The van der Waals surface area contributed by atoms with Crippen molar-refractivity contribution in [2.75, 3.05) is 7.11 Å². The summed E-state index contributed by atoms with van der Waals surface area (Å²) in [6.07, 6.45) is 8.21. The van der Waals surface area contributed by atoms with E-state index >= 15 is 0 Å². The van der Waals surface area contributed by atoms with E-state index in [2.05, 4.69) is 39.8 Å². The molecule has 24 heavy (non-hydrogen) atoms. The number of ether oxygens (including phenoxy) is 1. The molecule has 6 heteroatoms. The molecule has 0 aliphatic heterocycles. The lowest BCUT2D eigenvalue weighted by molar-refractivity contribution is 0.389. The Morgan fingerprint density at radius 1 is 1.33 bits per heavy atom. The highest BCUT2D eigenvalue weighted by atomic mass is 16.5. The van der Waals surface area contributed by atoms with E-state index in [1.165, 1.54) is 0 Å². The highest BCUT2D eigenvalue weighted by molar-refractivity contribution is 5.77. The lowest BCUT2D eigenvalue weighted by atomic mass is 10.2. The molecule has 126 valence electrons. The summed E-state index contributed by atoms with van der Waals surface area (Å²) in [5, 5.41) is 10.3. The number of aryl methyl sites for hydroxylation is 1. The average Bonchev–Trinajstić information content (AvgIpc) is 2.98. The Morgan fingerprint density at radius 3 is 2.67 bits per heavy atom. The van der Waals surface area contributed by atoms with Gasteiger partial charge in [-0.1, -0.05) is 25.7 Å². The van der Waals surface area contributed by atoms with Crippen LogP contribution in [-0.2, 0) is 4.74 Å². The molecular formula is C18H23N5O. The Hall–Kier alpha value is -2.76. The third-order valence-electron chi connectivity index (χ3n) is 3.53. The molecule has 6 nitrogen and oxygen atoms in total. The number of fused-ring (bicyclic) bond motifs is 1. The van der Waals surface area contributed by atoms with Gasteiger partial charge in [-0.05, 0) is 27.2 Å². The van der Waals surface area contributed by atoms with Gasteiger partial charge in [0.15, 0.2) is 11.5 Å². The van der Waals surface area contributed by atoms with Crippen molar-refractivity contribution in [1.29, 1.82) is 0 Å². The van der Waals surface area contributed by atoms with Crippen molar-refractivity contribution in [3.05, 3.63) is 40.6 Å². The molecule has 0 unspecified atom stereocenters. The van der Waals surface area contributed by atoms with Gasteiger partial charge in [-0.25, -0.2) is 4.98 Å². The molecule has 2 rings (SSSR count). The van der Waals surface area contributed by atoms with Crippen LogP contribution in [0.3, 0.4) is 0 Å². The number of rotatable bonds is 5. The van der Waals surface area contributed by atoms with Gasteiger partial charge >= 0.3 is 0 Å². The van der Waals surface area contributed by atoms with Crippen LogP contribution in [0.25, 0.3) is 23.6 Å². The van der Waals surface area contributed by atoms with E-state index in [1.807, 2.05) is 31.2 Å². The number of hydrogen-bond donors (Lipinski definition) is 0. The first-order valence-corrected chi connectivity index (χ1v) is 7.88. The van der Waals surface area contributed by atoms with Crippen molar-refractivity contribution < 1.29 is 4.74 Å². The molecule has 0 saturated carbocycles. The van der Waals surface area contributed by atoms with Gasteiger partial charge in [0.25, 0.3) is 0 Å². The van der Waals surface area contributed by atoms with Gasteiger partial charge in [0.2, 0.25) is 0 Å². The van der Waals surface area contributed by atoms with Crippen LogP contribution in [0.5, 0.6) is 0 Å². The Labute approximate surface area is 141 Å². The minimum atomic E-state index is 0.642. The number of aliphatic imine (C=N–C) groups is 1. The van der Waals surface area contributed by atoms with E-state index in [-0.39, 0.29) is 0 Å². The minimum absolute atomic E-state index is 0.642. The maximum Gasteiger partial charge on any atom is 0.183 e. The fourth-order valence-electron chi connectivity index (χ4n) is 2.56. The van der Waals surface area contributed by atoms with Crippen LogP contribution in [0.1, 0.15) is 38.7 Å². The predicted molar refractivity (Wildman–Crippen MR) is 98.0 cm³/mol. The summed E-state index contributed by atoms with van der Waals surface area (Å²) in [5.41, 5.74) is 2.97. The fraction of sp³-hybridized carbons (Fsp3) is 0.333. The molecular weight excluding hydrogens is 302 g/mol. The number of methoxy groups -OCH3 is 1. The van der Waals surface area contributed by atoms with Crippen LogP contribution >= 0.6 is 0 Å². The van der Waals surface area contributed by atoms with Gasteiger partial charge in [0.1, 0.15) is 11.6 Å². The second kappa shape index (κ2) is 7.68.